The minimum absolute atomic E-state index is 0.234. The number of aromatic hydroxyl groups is 1. The van der Waals surface area contributed by atoms with E-state index < -0.39 is 6.03 Å². The number of phenolic OH excluding ortho intramolecular Hbond substituents is 1. The largest absolute Gasteiger partial charge is 0.506 e. The highest BCUT2D eigenvalue weighted by Crippen LogP contribution is 2.25. The molecule has 0 atom stereocenters. The minimum Gasteiger partial charge on any atom is -0.506 e. The third-order valence-corrected chi connectivity index (χ3v) is 4.36. The molecule has 1 fully saturated rings. The van der Waals surface area contributed by atoms with Crippen molar-refractivity contribution in [2.75, 3.05) is 37.6 Å². The molecule has 8 heteroatoms. The normalized spacial score (nSPS) is 14.8. The maximum Gasteiger partial charge on any atom is 0.321 e. The lowest BCUT2D eigenvalue weighted by Gasteiger charge is -2.33. The Hall–Kier alpha value is -3.00. The van der Waals surface area contributed by atoms with E-state index in [2.05, 4.69) is 15.5 Å². The van der Waals surface area contributed by atoms with Crippen LogP contribution in [-0.2, 0) is 11.3 Å². The van der Waals surface area contributed by atoms with Crippen LogP contribution in [0.1, 0.15) is 5.76 Å². The van der Waals surface area contributed by atoms with Gasteiger partial charge in [0.1, 0.15) is 11.5 Å². The Morgan fingerprint density at radius 1 is 1.15 bits per heavy atom. The van der Waals surface area contributed by atoms with Gasteiger partial charge >= 0.3 is 6.03 Å². The average molecular weight is 359 g/mol. The summed E-state index contributed by atoms with van der Waals surface area (Å²) in [5.41, 5.74) is 0.813. The van der Waals surface area contributed by atoms with Gasteiger partial charge in [-0.1, -0.05) is 12.1 Å². The number of rotatable bonds is 5. The summed E-state index contributed by atoms with van der Waals surface area (Å²) >= 11 is 0. The van der Waals surface area contributed by atoms with E-state index in [1.807, 2.05) is 12.1 Å². The first-order valence-electron chi connectivity index (χ1n) is 8.58. The number of para-hydroxylation sites is 2. The van der Waals surface area contributed by atoms with Crippen LogP contribution in [0.4, 0.5) is 10.5 Å². The number of imide groups is 1. The van der Waals surface area contributed by atoms with Gasteiger partial charge in [-0.15, -0.1) is 0 Å². The first-order chi connectivity index (χ1) is 12.6. The molecule has 26 heavy (non-hydrogen) atoms. The van der Waals surface area contributed by atoms with E-state index >= 15 is 0 Å². The quantitative estimate of drug-likeness (QED) is 0.588. The van der Waals surface area contributed by atoms with Crippen molar-refractivity contribution in [3.8, 4) is 5.75 Å². The summed E-state index contributed by atoms with van der Waals surface area (Å²) in [7, 11) is 0. The Balaban J connectivity index is 1.39. The van der Waals surface area contributed by atoms with Gasteiger partial charge in [0.25, 0.3) is 5.91 Å². The Morgan fingerprint density at radius 2 is 1.92 bits per heavy atom. The molecule has 0 spiro atoms. The van der Waals surface area contributed by atoms with Crippen molar-refractivity contribution in [1.82, 2.24) is 10.6 Å². The average Bonchev–Trinajstić information content (AvgIpc) is 3.15. The number of piperazine rings is 1. The highest BCUT2D eigenvalue weighted by atomic mass is 16.3. The first-order valence-corrected chi connectivity index (χ1v) is 8.58. The molecule has 0 saturated carbocycles. The van der Waals surface area contributed by atoms with Crippen molar-refractivity contribution >= 4 is 17.6 Å². The number of nitrogens with zero attached hydrogens (tertiary/aromatic N) is 1. The number of carbonyl (C=O) groups is 2. The monoisotopic (exact) mass is 359 g/mol. The molecule has 0 radical (unpaired) electrons. The Bertz CT molecular complexity index is 739. The number of quaternary nitrogens is 1. The van der Waals surface area contributed by atoms with Crippen LogP contribution in [0.3, 0.4) is 0 Å². The molecule has 0 unspecified atom stereocenters. The molecule has 138 valence electrons. The lowest BCUT2D eigenvalue weighted by atomic mass is 10.2. The van der Waals surface area contributed by atoms with Gasteiger partial charge in [0.05, 0.1) is 44.7 Å². The number of anilines is 1. The van der Waals surface area contributed by atoms with Crippen LogP contribution < -0.4 is 20.4 Å². The highest BCUT2D eigenvalue weighted by Gasteiger charge is 2.24. The van der Waals surface area contributed by atoms with Gasteiger partial charge in [-0.2, -0.15) is 0 Å². The highest BCUT2D eigenvalue weighted by molar-refractivity contribution is 5.94. The molecule has 3 amide bonds. The zero-order valence-corrected chi connectivity index (χ0v) is 14.4. The molecule has 1 aliphatic heterocycles. The third-order valence-electron chi connectivity index (χ3n) is 4.36. The van der Waals surface area contributed by atoms with Crippen LogP contribution in [0.5, 0.6) is 5.75 Å². The van der Waals surface area contributed by atoms with Gasteiger partial charge in [-0.05, 0) is 24.3 Å². The van der Waals surface area contributed by atoms with Crippen LogP contribution in [0.15, 0.2) is 47.1 Å². The summed E-state index contributed by atoms with van der Waals surface area (Å²) in [4.78, 5) is 27.0. The number of hydrogen-bond acceptors (Lipinski definition) is 5. The molecule has 8 nitrogen and oxygen atoms in total. The van der Waals surface area contributed by atoms with E-state index in [1.54, 1.807) is 24.3 Å². The van der Waals surface area contributed by atoms with Crippen LogP contribution >= 0.6 is 0 Å². The van der Waals surface area contributed by atoms with Gasteiger partial charge in [0.15, 0.2) is 6.54 Å². The summed E-state index contributed by atoms with van der Waals surface area (Å²) in [5.74, 6) is 0.577. The zero-order chi connectivity index (χ0) is 18.4. The van der Waals surface area contributed by atoms with Crippen molar-refractivity contribution < 1.29 is 24.0 Å². The molecule has 2 heterocycles. The summed E-state index contributed by atoms with van der Waals surface area (Å²) in [5, 5.41) is 14.8. The number of nitrogens with one attached hydrogen (secondary N) is 3. The molecular weight excluding hydrogens is 336 g/mol. The van der Waals surface area contributed by atoms with Gasteiger partial charge in [0, 0.05) is 0 Å². The molecule has 0 aliphatic carbocycles. The van der Waals surface area contributed by atoms with Crippen molar-refractivity contribution in [1.29, 1.82) is 0 Å². The minimum atomic E-state index is -0.529. The standard InChI is InChI=1S/C18H22N4O4/c23-16-6-2-1-5-15(16)22-9-7-21(8-10-22)13-17(24)20-18(25)19-12-14-4-3-11-26-14/h1-6,11,23H,7-10,12-13H2,(H2,19,20,24,25)/p+1. The van der Waals surface area contributed by atoms with Crippen LogP contribution in [0, 0.1) is 0 Å². The van der Waals surface area contributed by atoms with Crippen molar-refractivity contribution in [3.05, 3.63) is 48.4 Å². The summed E-state index contributed by atoms with van der Waals surface area (Å²) < 4.78 is 5.11. The number of phenols is 1. The fourth-order valence-corrected chi connectivity index (χ4v) is 2.99. The van der Waals surface area contributed by atoms with Gasteiger partial charge in [0.2, 0.25) is 0 Å². The molecule has 1 aromatic carbocycles. The second kappa shape index (κ2) is 8.39. The number of carbonyl (C=O) groups excluding carboxylic acids is 2. The number of furan rings is 1. The first kappa shape index (κ1) is 17.8. The molecule has 1 aromatic heterocycles. The van der Waals surface area contributed by atoms with E-state index in [9.17, 15) is 14.7 Å². The van der Waals surface area contributed by atoms with E-state index in [-0.39, 0.29) is 24.7 Å². The number of hydrogen-bond donors (Lipinski definition) is 4. The molecular formula is C18H23N4O4+. The summed E-state index contributed by atoms with van der Waals surface area (Å²) in [6.45, 7) is 3.47. The number of benzene rings is 1. The molecule has 3 rings (SSSR count). The van der Waals surface area contributed by atoms with Gasteiger partial charge in [-0.3, -0.25) is 10.1 Å². The second-order valence-electron chi connectivity index (χ2n) is 6.21. The van der Waals surface area contributed by atoms with Gasteiger partial charge in [-0.25, -0.2) is 4.79 Å². The Kier molecular flexibility index (Phi) is 5.75. The van der Waals surface area contributed by atoms with Crippen molar-refractivity contribution in [2.45, 2.75) is 6.54 Å². The number of amides is 3. The third kappa shape index (κ3) is 4.76. The van der Waals surface area contributed by atoms with E-state index in [0.29, 0.717) is 5.76 Å². The maximum atomic E-state index is 12.0. The van der Waals surface area contributed by atoms with Crippen molar-refractivity contribution in [2.24, 2.45) is 0 Å². The van der Waals surface area contributed by atoms with Crippen LogP contribution in [0.2, 0.25) is 0 Å². The Morgan fingerprint density at radius 3 is 2.62 bits per heavy atom. The second-order valence-corrected chi connectivity index (χ2v) is 6.21. The van der Waals surface area contributed by atoms with E-state index in [0.717, 1.165) is 36.8 Å². The molecule has 4 N–H and O–H groups in total. The lowest BCUT2D eigenvalue weighted by Crippen LogP contribution is -3.16. The summed E-state index contributed by atoms with van der Waals surface area (Å²) in [6.07, 6.45) is 1.53. The molecule has 2 aromatic rings. The maximum absolute atomic E-state index is 12.0. The molecule has 0 bridgehead atoms. The van der Waals surface area contributed by atoms with Crippen LogP contribution in [0.25, 0.3) is 0 Å². The summed E-state index contributed by atoms with van der Waals surface area (Å²) in [6, 6.07) is 10.2. The zero-order valence-electron chi connectivity index (χ0n) is 14.4. The fraction of sp³-hybridized carbons (Fsp3) is 0.333. The fourth-order valence-electron chi connectivity index (χ4n) is 2.99. The Labute approximate surface area is 151 Å². The molecule has 1 saturated heterocycles. The smallest absolute Gasteiger partial charge is 0.321 e. The van der Waals surface area contributed by atoms with Gasteiger partial charge < -0.3 is 24.6 Å². The van der Waals surface area contributed by atoms with E-state index in [4.69, 9.17) is 4.42 Å². The van der Waals surface area contributed by atoms with Crippen molar-refractivity contribution in [3.63, 3.8) is 0 Å². The van der Waals surface area contributed by atoms with Crippen LogP contribution in [-0.4, -0.2) is 49.8 Å². The SMILES string of the molecule is O=C(C[NH+]1CCN(c2ccccc2O)CC1)NC(=O)NCc1ccco1. The van der Waals surface area contributed by atoms with E-state index in [1.165, 1.54) is 6.26 Å². The lowest BCUT2D eigenvalue weighted by molar-refractivity contribution is -0.892. The number of urea groups is 1. The predicted molar refractivity (Wildman–Crippen MR) is 95.0 cm³/mol. The topological polar surface area (TPSA) is 99.3 Å². The predicted octanol–water partition coefficient (Wildman–Crippen LogP) is -0.284. The molecule has 1 aliphatic rings.